The molecule has 140 valence electrons. The molecular formula is C20H15N3O4S. The average Bonchev–Trinajstić information content (AvgIpc) is 3.29. The molecule has 0 atom stereocenters. The maximum Gasteiger partial charge on any atom is 0.272 e. The molecule has 2 aromatic carbocycles. The fourth-order valence-corrected chi connectivity index (χ4v) is 4.38. The van der Waals surface area contributed by atoms with E-state index in [9.17, 15) is 9.59 Å². The maximum absolute atomic E-state index is 13.0. The molecular weight excluding hydrogens is 378 g/mol. The van der Waals surface area contributed by atoms with Crippen molar-refractivity contribution in [3.8, 4) is 11.5 Å². The second kappa shape index (κ2) is 6.35. The van der Waals surface area contributed by atoms with Crippen LogP contribution in [0.1, 0.15) is 5.82 Å². The molecule has 0 saturated heterocycles. The minimum atomic E-state index is -0.314. The third-order valence-corrected chi connectivity index (χ3v) is 5.78. The first-order valence-corrected chi connectivity index (χ1v) is 9.50. The summed E-state index contributed by atoms with van der Waals surface area (Å²) in [6.07, 6.45) is 0. The molecule has 2 aromatic heterocycles. The normalized spacial score (nSPS) is 12.6. The molecule has 0 unspecified atom stereocenters. The Morgan fingerprint density at radius 1 is 1.21 bits per heavy atom. The first-order chi connectivity index (χ1) is 13.6. The van der Waals surface area contributed by atoms with Crippen LogP contribution in [0.25, 0.3) is 20.3 Å². The van der Waals surface area contributed by atoms with Crippen molar-refractivity contribution in [3.63, 3.8) is 0 Å². The van der Waals surface area contributed by atoms with Gasteiger partial charge in [-0.2, -0.15) is 0 Å². The standard InChI is InChI=1S/C20H15N3O4S/c1-11-21-18-13-4-2-3-5-16(13)28-19(18)20(25)23(11)9-17(24)22-12-6-7-14-15(8-12)27-10-26-14/h2-8H,9-10H2,1H3,(H,22,24). The molecule has 0 radical (unpaired) electrons. The van der Waals surface area contributed by atoms with E-state index < -0.39 is 0 Å². The van der Waals surface area contributed by atoms with Gasteiger partial charge in [0.15, 0.2) is 11.5 Å². The number of hydrogen-bond donors (Lipinski definition) is 1. The summed E-state index contributed by atoms with van der Waals surface area (Å²) in [5.74, 6) is 1.41. The zero-order valence-corrected chi connectivity index (χ0v) is 15.7. The van der Waals surface area contributed by atoms with Crippen molar-refractivity contribution in [2.24, 2.45) is 0 Å². The second-order valence-corrected chi connectivity index (χ2v) is 7.49. The van der Waals surface area contributed by atoms with Crippen molar-refractivity contribution >= 4 is 43.2 Å². The fourth-order valence-electron chi connectivity index (χ4n) is 3.28. The molecule has 0 saturated carbocycles. The van der Waals surface area contributed by atoms with Gasteiger partial charge in [0.1, 0.15) is 17.1 Å². The van der Waals surface area contributed by atoms with Gasteiger partial charge >= 0.3 is 0 Å². The quantitative estimate of drug-likeness (QED) is 0.578. The van der Waals surface area contributed by atoms with Gasteiger partial charge in [0.05, 0.1) is 5.52 Å². The Bertz CT molecular complexity index is 1310. The molecule has 0 aliphatic carbocycles. The Morgan fingerprint density at radius 2 is 2.04 bits per heavy atom. The van der Waals surface area contributed by atoms with Crippen LogP contribution in [0.3, 0.4) is 0 Å². The number of thiophene rings is 1. The number of rotatable bonds is 3. The van der Waals surface area contributed by atoms with Crippen LogP contribution < -0.4 is 20.3 Å². The minimum Gasteiger partial charge on any atom is -0.454 e. The molecule has 0 bridgehead atoms. The number of benzene rings is 2. The predicted octanol–water partition coefficient (Wildman–Crippen LogP) is 3.29. The number of nitrogens with one attached hydrogen (secondary N) is 1. The number of anilines is 1. The van der Waals surface area contributed by atoms with Gasteiger partial charge in [0.25, 0.3) is 5.56 Å². The molecule has 1 amide bonds. The van der Waals surface area contributed by atoms with Crippen molar-refractivity contribution < 1.29 is 14.3 Å². The van der Waals surface area contributed by atoms with E-state index in [2.05, 4.69) is 10.3 Å². The van der Waals surface area contributed by atoms with Crippen molar-refractivity contribution in [1.82, 2.24) is 9.55 Å². The number of carbonyl (C=O) groups is 1. The number of amides is 1. The highest BCUT2D eigenvalue weighted by atomic mass is 32.1. The summed E-state index contributed by atoms with van der Waals surface area (Å²) >= 11 is 1.40. The molecule has 0 spiro atoms. The van der Waals surface area contributed by atoms with Crippen LogP contribution in [-0.4, -0.2) is 22.3 Å². The van der Waals surface area contributed by atoms with Crippen molar-refractivity contribution in [1.29, 1.82) is 0 Å². The molecule has 1 aliphatic heterocycles. The van der Waals surface area contributed by atoms with E-state index in [0.29, 0.717) is 33.2 Å². The Balaban J connectivity index is 1.46. The van der Waals surface area contributed by atoms with Crippen LogP contribution in [0, 0.1) is 6.92 Å². The lowest BCUT2D eigenvalue weighted by Crippen LogP contribution is -2.29. The summed E-state index contributed by atoms with van der Waals surface area (Å²) in [7, 11) is 0. The molecule has 7 nitrogen and oxygen atoms in total. The lowest BCUT2D eigenvalue weighted by atomic mass is 10.2. The van der Waals surface area contributed by atoms with E-state index in [1.165, 1.54) is 15.9 Å². The van der Waals surface area contributed by atoms with Crippen LogP contribution in [-0.2, 0) is 11.3 Å². The number of ether oxygens (including phenoxy) is 2. The smallest absolute Gasteiger partial charge is 0.272 e. The van der Waals surface area contributed by atoms with Gasteiger partial charge in [-0.25, -0.2) is 4.98 Å². The summed E-state index contributed by atoms with van der Waals surface area (Å²) < 4.78 is 13.5. The van der Waals surface area contributed by atoms with E-state index in [4.69, 9.17) is 9.47 Å². The van der Waals surface area contributed by atoms with Gasteiger partial charge in [-0.05, 0) is 25.1 Å². The van der Waals surface area contributed by atoms with E-state index in [0.717, 1.165) is 10.1 Å². The molecule has 8 heteroatoms. The van der Waals surface area contributed by atoms with Gasteiger partial charge in [-0.3, -0.25) is 14.2 Å². The topological polar surface area (TPSA) is 82.5 Å². The van der Waals surface area contributed by atoms with Gasteiger partial charge < -0.3 is 14.8 Å². The number of nitrogens with zero attached hydrogens (tertiary/aromatic N) is 2. The monoisotopic (exact) mass is 393 g/mol. The number of aromatic nitrogens is 2. The Morgan fingerprint density at radius 3 is 2.93 bits per heavy atom. The summed E-state index contributed by atoms with van der Waals surface area (Å²) in [5, 5.41) is 3.75. The largest absolute Gasteiger partial charge is 0.454 e. The second-order valence-electron chi connectivity index (χ2n) is 6.44. The fraction of sp³-hybridized carbons (Fsp3) is 0.150. The van der Waals surface area contributed by atoms with E-state index in [1.807, 2.05) is 24.3 Å². The number of carbonyl (C=O) groups excluding carboxylic acids is 1. The molecule has 1 aliphatic rings. The number of aryl methyl sites for hydroxylation is 1. The first-order valence-electron chi connectivity index (χ1n) is 8.68. The zero-order valence-electron chi connectivity index (χ0n) is 14.9. The first kappa shape index (κ1) is 16.8. The van der Waals surface area contributed by atoms with E-state index in [-0.39, 0.29) is 24.8 Å². The summed E-state index contributed by atoms with van der Waals surface area (Å²) in [4.78, 5) is 30.1. The van der Waals surface area contributed by atoms with Gasteiger partial charge in [0.2, 0.25) is 12.7 Å². The average molecular weight is 393 g/mol. The third-order valence-electron chi connectivity index (χ3n) is 4.63. The van der Waals surface area contributed by atoms with Crippen LogP contribution in [0.4, 0.5) is 5.69 Å². The minimum absolute atomic E-state index is 0.115. The highest BCUT2D eigenvalue weighted by Crippen LogP contribution is 2.34. The molecule has 4 aromatic rings. The Labute approximate surface area is 163 Å². The Hall–Kier alpha value is -3.39. The number of fused-ring (bicyclic) bond motifs is 4. The summed E-state index contributed by atoms with van der Waals surface area (Å²) in [6, 6.07) is 12.9. The van der Waals surface area contributed by atoms with Crippen molar-refractivity contribution in [3.05, 3.63) is 58.6 Å². The van der Waals surface area contributed by atoms with Crippen LogP contribution in [0.5, 0.6) is 11.5 Å². The van der Waals surface area contributed by atoms with Crippen LogP contribution in [0.2, 0.25) is 0 Å². The van der Waals surface area contributed by atoms with Gasteiger partial charge in [0, 0.05) is 21.8 Å². The Kier molecular flexibility index (Phi) is 3.80. The maximum atomic E-state index is 13.0. The third kappa shape index (κ3) is 2.69. The van der Waals surface area contributed by atoms with Crippen molar-refractivity contribution in [2.45, 2.75) is 13.5 Å². The van der Waals surface area contributed by atoms with E-state index >= 15 is 0 Å². The van der Waals surface area contributed by atoms with Crippen LogP contribution >= 0.6 is 11.3 Å². The highest BCUT2D eigenvalue weighted by Gasteiger charge is 2.17. The molecule has 3 heterocycles. The summed E-state index contributed by atoms with van der Waals surface area (Å²) in [6.45, 7) is 1.79. The molecule has 1 N–H and O–H groups in total. The molecule has 0 fully saturated rings. The lowest BCUT2D eigenvalue weighted by molar-refractivity contribution is -0.116. The SMILES string of the molecule is Cc1nc2c(sc3ccccc32)c(=O)n1CC(=O)Nc1ccc2c(c1)OCO2. The van der Waals surface area contributed by atoms with E-state index in [1.54, 1.807) is 25.1 Å². The predicted molar refractivity (Wildman–Crippen MR) is 107 cm³/mol. The van der Waals surface area contributed by atoms with Crippen LogP contribution in [0.15, 0.2) is 47.3 Å². The number of hydrogen-bond acceptors (Lipinski definition) is 6. The highest BCUT2D eigenvalue weighted by molar-refractivity contribution is 7.25. The van der Waals surface area contributed by atoms with Gasteiger partial charge in [-0.15, -0.1) is 11.3 Å². The van der Waals surface area contributed by atoms with Crippen molar-refractivity contribution in [2.75, 3.05) is 12.1 Å². The lowest BCUT2D eigenvalue weighted by Gasteiger charge is -2.10. The molecule has 28 heavy (non-hydrogen) atoms. The summed E-state index contributed by atoms with van der Waals surface area (Å²) in [5.41, 5.74) is 1.07. The van der Waals surface area contributed by atoms with Gasteiger partial charge in [-0.1, -0.05) is 18.2 Å². The zero-order chi connectivity index (χ0) is 19.3. The molecule has 5 rings (SSSR count).